The molecule has 0 aliphatic carbocycles. The lowest BCUT2D eigenvalue weighted by atomic mass is 10.2. The van der Waals surface area contributed by atoms with Crippen molar-refractivity contribution in [2.45, 2.75) is 12.8 Å². The normalized spacial score (nSPS) is 10.3. The molecule has 2 aromatic rings. The fraction of sp³-hybridized carbons (Fsp3) is 0.235. The third-order valence-corrected chi connectivity index (χ3v) is 3.39. The first kappa shape index (κ1) is 16.3. The van der Waals surface area contributed by atoms with Crippen molar-refractivity contribution in [2.75, 3.05) is 13.2 Å². The Morgan fingerprint density at radius 1 is 1.09 bits per heavy atom. The van der Waals surface area contributed by atoms with Crippen LogP contribution in [0.1, 0.15) is 23.2 Å². The quantitative estimate of drug-likeness (QED) is 0.781. The molecule has 0 fully saturated rings. The van der Waals surface area contributed by atoms with Crippen molar-refractivity contribution in [1.82, 2.24) is 5.32 Å². The van der Waals surface area contributed by atoms with Gasteiger partial charge < -0.3 is 10.1 Å². The van der Waals surface area contributed by atoms with E-state index in [2.05, 4.69) is 5.32 Å². The van der Waals surface area contributed by atoms with Gasteiger partial charge >= 0.3 is 0 Å². The molecule has 0 unspecified atom stereocenters. The predicted octanol–water partition coefficient (Wildman–Crippen LogP) is 4.07. The molecule has 116 valence electrons. The Balaban J connectivity index is 1.62. The standard InChI is InChI=1S/C17H17ClFNO2/c18-16-6-2-1-5-15(16)17(21)20-11-3-4-12-22-14-9-7-13(19)8-10-14/h1-2,5-10H,3-4,11-12H2,(H,20,21). The number of carbonyl (C=O) groups is 1. The van der Waals surface area contributed by atoms with Crippen LogP contribution in [0, 0.1) is 5.82 Å². The van der Waals surface area contributed by atoms with Gasteiger partial charge in [0.25, 0.3) is 5.91 Å². The van der Waals surface area contributed by atoms with Gasteiger partial charge in [-0.25, -0.2) is 4.39 Å². The molecule has 0 heterocycles. The van der Waals surface area contributed by atoms with Gasteiger partial charge in [0.15, 0.2) is 0 Å². The van der Waals surface area contributed by atoms with Crippen LogP contribution in [0.15, 0.2) is 48.5 Å². The molecular weight excluding hydrogens is 305 g/mol. The number of hydrogen-bond donors (Lipinski definition) is 1. The van der Waals surface area contributed by atoms with Crippen LogP contribution in [0.2, 0.25) is 5.02 Å². The highest BCUT2D eigenvalue weighted by molar-refractivity contribution is 6.33. The minimum atomic E-state index is -0.283. The molecular formula is C17H17ClFNO2. The van der Waals surface area contributed by atoms with Crippen LogP contribution in [0.5, 0.6) is 5.75 Å². The van der Waals surface area contributed by atoms with Gasteiger partial charge in [-0.15, -0.1) is 0 Å². The molecule has 0 spiro atoms. The Hall–Kier alpha value is -2.07. The van der Waals surface area contributed by atoms with E-state index in [4.69, 9.17) is 16.3 Å². The third kappa shape index (κ3) is 5.04. The molecule has 2 aromatic carbocycles. The van der Waals surface area contributed by atoms with E-state index < -0.39 is 0 Å². The summed E-state index contributed by atoms with van der Waals surface area (Å²) in [6, 6.07) is 12.8. The van der Waals surface area contributed by atoms with Crippen LogP contribution in [0.25, 0.3) is 0 Å². The molecule has 3 nitrogen and oxygen atoms in total. The van der Waals surface area contributed by atoms with Gasteiger partial charge in [-0.3, -0.25) is 4.79 Å². The topological polar surface area (TPSA) is 38.3 Å². The second-order valence-corrected chi connectivity index (χ2v) is 5.15. The van der Waals surface area contributed by atoms with Crippen molar-refractivity contribution in [1.29, 1.82) is 0 Å². The largest absolute Gasteiger partial charge is 0.494 e. The van der Waals surface area contributed by atoms with Crippen molar-refractivity contribution < 1.29 is 13.9 Å². The number of carbonyl (C=O) groups excluding carboxylic acids is 1. The van der Waals surface area contributed by atoms with Crippen molar-refractivity contribution >= 4 is 17.5 Å². The number of amides is 1. The second-order valence-electron chi connectivity index (χ2n) is 4.75. The highest BCUT2D eigenvalue weighted by atomic mass is 35.5. The highest BCUT2D eigenvalue weighted by Gasteiger charge is 2.08. The van der Waals surface area contributed by atoms with E-state index in [9.17, 15) is 9.18 Å². The van der Waals surface area contributed by atoms with E-state index >= 15 is 0 Å². The summed E-state index contributed by atoms with van der Waals surface area (Å²) >= 11 is 5.95. The number of halogens is 2. The first-order chi connectivity index (χ1) is 10.7. The Kier molecular flexibility index (Phi) is 6.22. The van der Waals surface area contributed by atoms with E-state index in [1.54, 1.807) is 36.4 Å². The van der Waals surface area contributed by atoms with Gasteiger partial charge in [0.05, 0.1) is 17.2 Å². The SMILES string of the molecule is O=C(NCCCCOc1ccc(F)cc1)c1ccccc1Cl. The van der Waals surface area contributed by atoms with E-state index in [0.29, 0.717) is 29.5 Å². The van der Waals surface area contributed by atoms with Crippen LogP contribution in [-0.2, 0) is 0 Å². The van der Waals surface area contributed by atoms with Gasteiger partial charge in [0.1, 0.15) is 11.6 Å². The van der Waals surface area contributed by atoms with Gasteiger partial charge in [-0.05, 0) is 49.2 Å². The zero-order valence-corrected chi connectivity index (χ0v) is 12.8. The molecule has 0 saturated carbocycles. The zero-order valence-electron chi connectivity index (χ0n) is 12.0. The number of unbranched alkanes of at least 4 members (excludes halogenated alkanes) is 1. The Morgan fingerprint density at radius 3 is 2.55 bits per heavy atom. The van der Waals surface area contributed by atoms with Crippen molar-refractivity contribution in [3.8, 4) is 5.75 Å². The summed E-state index contributed by atoms with van der Waals surface area (Å²) in [5.41, 5.74) is 0.478. The Labute approximate surface area is 134 Å². The summed E-state index contributed by atoms with van der Waals surface area (Å²) < 4.78 is 18.2. The summed E-state index contributed by atoms with van der Waals surface area (Å²) in [5, 5.41) is 3.26. The number of benzene rings is 2. The van der Waals surface area contributed by atoms with E-state index in [-0.39, 0.29) is 11.7 Å². The van der Waals surface area contributed by atoms with Crippen LogP contribution in [0.3, 0.4) is 0 Å². The summed E-state index contributed by atoms with van der Waals surface area (Å²) in [5.74, 6) is 0.182. The molecule has 2 rings (SSSR count). The molecule has 22 heavy (non-hydrogen) atoms. The third-order valence-electron chi connectivity index (χ3n) is 3.06. The fourth-order valence-electron chi connectivity index (χ4n) is 1.89. The van der Waals surface area contributed by atoms with E-state index in [1.807, 2.05) is 0 Å². The number of ether oxygens (including phenoxy) is 1. The predicted molar refractivity (Wildman–Crippen MR) is 84.9 cm³/mol. The highest BCUT2D eigenvalue weighted by Crippen LogP contribution is 2.14. The van der Waals surface area contributed by atoms with Crippen molar-refractivity contribution in [3.05, 3.63) is 64.9 Å². The van der Waals surface area contributed by atoms with E-state index in [1.165, 1.54) is 12.1 Å². The molecule has 0 radical (unpaired) electrons. The average Bonchev–Trinajstić information content (AvgIpc) is 2.52. The maximum atomic E-state index is 12.7. The van der Waals surface area contributed by atoms with Gasteiger partial charge in [0, 0.05) is 6.54 Å². The van der Waals surface area contributed by atoms with Gasteiger partial charge in [-0.2, -0.15) is 0 Å². The van der Waals surface area contributed by atoms with Crippen LogP contribution in [0.4, 0.5) is 4.39 Å². The van der Waals surface area contributed by atoms with Crippen LogP contribution < -0.4 is 10.1 Å². The summed E-state index contributed by atoms with van der Waals surface area (Å²) in [6.45, 7) is 1.07. The summed E-state index contributed by atoms with van der Waals surface area (Å²) in [6.07, 6.45) is 1.58. The summed E-state index contributed by atoms with van der Waals surface area (Å²) in [7, 11) is 0. The maximum Gasteiger partial charge on any atom is 0.252 e. The number of hydrogen-bond acceptors (Lipinski definition) is 2. The second kappa shape index (κ2) is 8.39. The molecule has 0 atom stereocenters. The summed E-state index contributed by atoms with van der Waals surface area (Å²) in [4.78, 5) is 11.9. The zero-order chi connectivity index (χ0) is 15.8. The molecule has 5 heteroatoms. The average molecular weight is 322 g/mol. The fourth-order valence-corrected chi connectivity index (χ4v) is 2.11. The van der Waals surface area contributed by atoms with Crippen LogP contribution >= 0.6 is 11.6 Å². The molecule has 0 aromatic heterocycles. The molecule has 0 bridgehead atoms. The van der Waals surface area contributed by atoms with Crippen molar-refractivity contribution in [2.24, 2.45) is 0 Å². The molecule has 0 aliphatic heterocycles. The molecule has 0 aliphatic rings. The Morgan fingerprint density at radius 2 is 1.82 bits per heavy atom. The van der Waals surface area contributed by atoms with Gasteiger partial charge in [-0.1, -0.05) is 23.7 Å². The maximum absolute atomic E-state index is 12.7. The molecule has 0 saturated heterocycles. The van der Waals surface area contributed by atoms with Crippen LogP contribution in [-0.4, -0.2) is 19.1 Å². The smallest absolute Gasteiger partial charge is 0.252 e. The van der Waals surface area contributed by atoms with Crippen molar-refractivity contribution in [3.63, 3.8) is 0 Å². The number of nitrogens with one attached hydrogen (secondary N) is 1. The minimum Gasteiger partial charge on any atom is -0.494 e. The number of rotatable bonds is 7. The molecule has 1 N–H and O–H groups in total. The minimum absolute atomic E-state index is 0.176. The first-order valence-electron chi connectivity index (χ1n) is 7.08. The molecule has 1 amide bonds. The lowest BCUT2D eigenvalue weighted by molar-refractivity contribution is 0.0952. The Bertz CT molecular complexity index is 616. The lowest BCUT2D eigenvalue weighted by Gasteiger charge is -2.08. The monoisotopic (exact) mass is 321 g/mol. The van der Waals surface area contributed by atoms with Gasteiger partial charge in [0.2, 0.25) is 0 Å². The lowest BCUT2D eigenvalue weighted by Crippen LogP contribution is -2.25. The first-order valence-corrected chi connectivity index (χ1v) is 7.46. The van der Waals surface area contributed by atoms with E-state index in [0.717, 1.165) is 12.8 Å².